The second-order valence-corrected chi connectivity index (χ2v) is 6.81. The normalized spacial score (nSPS) is 11.6. The van der Waals surface area contributed by atoms with Crippen LogP contribution in [-0.4, -0.2) is 25.4 Å². The summed E-state index contributed by atoms with van der Waals surface area (Å²) in [6, 6.07) is 11.9. The lowest BCUT2D eigenvalue weighted by atomic mass is 10.2. The third-order valence-electron chi connectivity index (χ3n) is 2.83. The number of sulfonamides is 1. The van der Waals surface area contributed by atoms with Gasteiger partial charge in [0.1, 0.15) is 0 Å². The molecule has 2 aromatic rings. The molecule has 0 unspecified atom stereocenters. The van der Waals surface area contributed by atoms with Gasteiger partial charge >= 0.3 is 0 Å². The average Bonchev–Trinajstić information content (AvgIpc) is 2.54. The van der Waals surface area contributed by atoms with Gasteiger partial charge < -0.3 is 4.74 Å². The molecule has 0 saturated carbocycles. The summed E-state index contributed by atoms with van der Waals surface area (Å²) in [5.74, 6) is -0.385. The lowest BCUT2D eigenvalue weighted by molar-refractivity contribution is 0.0981. The van der Waals surface area contributed by atoms with Gasteiger partial charge in [0.2, 0.25) is 5.88 Å². The van der Waals surface area contributed by atoms with Crippen molar-refractivity contribution >= 4 is 22.0 Å². The first-order chi connectivity index (χ1) is 11.4. The van der Waals surface area contributed by atoms with Crippen LogP contribution in [0.2, 0.25) is 0 Å². The van der Waals surface area contributed by atoms with Crippen LogP contribution in [0, 0.1) is 0 Å². The molecule has 0 aliphatic carbocycles. The molecule has 0 bridgehead atoms. The van der Waals surface area contributed by atoms with E-state index in [0.717, 1.165) is 5.41 Å². The summed E-state index contributed by atoms with van der Waals surface area (Å²) in [6.45, 7) is 3.71. The number of rotatable bonds is 6. The summed E-state index contributed by atoms with van der Waals surface area (Å²) >= 11 is 0. The molecule has 0 saturated heterocycles. The highest BCUT2D eigenvalue weighted by Gasteiger charge is 2.14. The number of amides is 1. The molecule has 1 aromatic carbocycles. The zero-order chi connectivity index (χ0) is 17.6. The van der Waals surface area contributed by atoms with Crippen LogP contribution in [-0.2, 0) is 10.0 Å². The zero-order valence-electron chi connectivity index (χ0n) is 13.3. The summed E-state index contributed by atoms with van der Waals surface area (Å²) in [5.41, 5.74) is 0.843. The molecule has 1 N–H and O–H groups in total. The van der Waals surface area contributed by atoms with Gasteiger partial charge in [-0.15, -0.1) is 0 Å². The Morgan fingerprint density at radius 2 is 1.88 bits per heavy atom. The molecule has 1 heterocycles. The average molecular weight is 346 g/mol. The topological polar surface area (TPSA) is 85.4 Å². The maximum atomic E-state index is 12.0. The van der Waals surface area contributed by atoms with Crippen molar-refractivity contribution in [2.75, 3.05) is 0 Å². The largest absolute Gasteiger partial charge is 0.475 e. The fourth-order valence-corrected chi connectivity index (χ4v) is 2.56. The van der Waals surface area contributed by atoms with E-state index < -0.39 is 15.9 Å². The number of ether oxygens (including phenoxy) is 1. The van der Waals surface area contributed by atoms with Gasteiger partial charge in [-0.3, -0.25) is 4.79 Å². The molecule has 0 spiro atoms. The van der Waals surface area contributed by atoms with Gasteiger partial charge in [-0.2, -0.15) is 0 Å². The van der Waals surface area contributed by atoms with Crippen LogP contribution in [0.1, 0.15) is 29.8 Å². The van der Waals surface area contributed by atoms with Crippen LogP contribution in [0.4, 0.5) is 0 Å². The first kappa shape index (κ1) is 17.7. The molecular weight excluding hydrogens is 328 g/mol. The standard InChI is InChI=1S/C17H18N2O4S/c1-13(2)23-16-9-8-15(12-18-16)17(20)19-24(21,22)11-10-14-6-4-3-5-7-14/h3-13H,1-2H3,(H,19,20)/b11-10+. The number of benzene rings is 1. The van der Waals surface area contributed by atoms with E-state index in [9.17, 15) is 13.2 Å². The van der Waals surface area contributed by atoms with Crippen LogP contribution >= 0.6 is 0 Å². The first-order valence-electron chi connectivity index (χ1n) is 7.29. The number of nitrogens with one attached hydrogen (secondary N) is 1. The van der Waals surface area contributed by atoms with Crippen LogP contribution in [0.5, 0.6) is 5.88 Å². The number of nitrogens with zero attached hydrogens (tertiary/aromatic N) is 1. The number of carbonyl (C=O) groups is 1. The molecule has 24 heavy (non-hydrogen) atoms. The Labute approximate surface area is 141 Å². The van der Waals surface area contributed by atoms with Crippen molar-refractivity contribution in [3.05, 3.63) is 65.2 Å². The molecule has 0 aliphatic heterocycles. The van der Waals surface area contributed by atoms with Crippen molar-refractivity contribution in [2.24, 2.45) is 0 Å². The van der Waals surface area contributed by atoms with Crippen LogP contribution in [0.25, 0.3) is 6.08 Å². The summed E-state index contributed by atoms with van der Waals surface area (Å²) < 4.78 is 31.2. The summed E-state index contributed by atoms with van der Waals surface area (Å²) in [5, 5.41) is 0.948. The molecule has 2 rings (SSSR count). The van der Waals surface area contributed by atoms with Crippen LogP contribution < -0.4 is 9.46 Å². The third kappa shape index (κ3) is 5.51. The van der Waals surface area contributed by atoms with E-state index in [-0.39, 0.29) is 11.7 Å². The quantitative estimate of drug-likeness (QED) is 0.869. The molecule has 0 radical (unpaired) electrons. The fourth-order valence-electron chi connectivity index (χ4n) is 1.78. The smallest absolute Gasteiger partial charge is 0.266 e. The van der Waals surface area contributed by atoms with Gasteiger partial charge in [0.05, 0.1) is 17.1 Å². The van der Waals surface area contributed by atoms with E-state index >= 15 is 0 Å². The second kappa shape index (κ2) is 7.74. The summed E-state index contributed by atoms with van der Waals surface area (Å²) in [6.07, 6.45) is 2.64. The monoisotopic (exact) mass is 346 g/mol. The number of aromatic nitrogens is 1. The van der Waals surface area contributed by atoms with Crippen LogP contribution in [0.15, 0.2) is 54.1 Å². The van der Waals surface area contributed by atoms with E-state index in [1.54, 1.807) is 24.3 Å². The minimum absolute atomic E-state index is 0.0410. The van der Waals surface area contributed by atoms with Crippen molar-refractivity contribution < 1.29 is 17.9 Å². The Morgan fingerprint density at radius 3 is 2.46 bits per heavy atom. The minimum Gasteiger partial charge on any atom is -0.475 e. The van der Waals surface area contributed by atoms with Crippen molar-refractivity contribution in [1.82, 2.24) is 9.71 Å². The molecule has 6 nitrogen and oxygen atoms in total. The van der Waals surface area contributed by atoms with Gasteiger partial charge in [0, 0.05) is 12.3 Å². The molecule has 0 aliphatic rings. The number of hydrogen-bond acceptors (Lipinski definition) is 5. The highest BCUT2D eigenvalue weighted by molar-refractivity contribution is 7.93. The fraction of sp³-hybridized carbons (Fsp3) is 0.176. The number of hydrogen-bond donors (Lipinski definition) is 1. The van der Waals surface area contributed by atoms with Crippen LogP contribution in [0.3, 0.4) is 0 Å². The Morgan fingerprint density at radius 1 is 1.17 bits per heavy atom. The molecule has 1 aromatic heterocycles. The van der Waals surface area contributed by atoms with Crippen molar-refractivity contribution in [1.29, 1.82) is 0 Å². The Kier molecular flexibility index (Phi) is 5.70. The zero-order valence-corrected chi connectivity index (χ0v) is 14.2. The Bertz CT molecular complexity index is 813. The molecule has 0 atom stereocenters. The third-order valence-corrected chi connectivity index (χ3v) is 3.79. The van der Waals surface area contributed by atoms with Gasteiger partial charge in [-0.1, -0.05) is 30.3 Å². The Hall–Kier alpha value is -2.67. The van der Waals surface area contributed by atoms with E-state index in [0.29, 0.717) is 11.4 Å². The molecule has 126 valence electrons. The highest BCUT2D eigenvalue weighted by Crippen LogP contribution is 2.10. The summed E-state index contributed by atoms with van der Waals surface area (Å²) in [4.78, 5) is 16.0. The predicted molar refractivity (Wildman–Crippen MR) is 91.9 cm³/mol. The van der Waals surface area contributed by atoms with E-state index in [4.69, 9.17) is 4.74 Å². The molecular formula is C17H18N2O4S. The van der Waals surface area contributed by atoms with E-state index in [2.05, 4.69) is 4.98 Å². The molecule has 1 amide bonds. The van der Waals surface area contributed by atoms with Gasteiger partial charge in [0.25, 0.3) is 15.9 Å². The maximum absolute atomic E-state index is 12.0. The van der Waals surface area contributed by atoms with Gasteiger partial charge in [-0.05, 0) is 31.6 Å². The Balaban J connectivity index is 2.03. The van der Waals surface area contributed by atoms with Crippen molar-refractivity contribution in [3.8, 4) is 5.88 Å². The van der Waals surface area contributed by atoms with Gasteiger partial charge in [0.15, 0.2) is 0 Å². The van der Waals surface area contributed by atoms with Gasteiger partial charge in [-0.25, -0.2) is 18.1 Å². The summed E-state index contributed by atoms with van der Waals surface area (Å²) in [7, 11) is -3.90. The lowest BCUT2D eigenvalue weighted by Crippen LogP contribution is -2.28. The van der Waals surface area contributed by atoms with E-state index in [1.165, 1.54) is 24.4 Å². The second-order valence-electron chi connectivity index (χ2n) is 5.24. The first-order valence-corrected chi connectivity index (χ1v) is 8.83. The number of carbonyl (C=O) groups excluding carboxylic acids is 1. The van der Waals surface area contributed by atoms with Crippen molar-refractivity contribution in [2.45, 2.75) is 20.0 Å². The lowest BCUT2D eigenvalue weighted by Gasteiger charge is -2.08. The predicted octanol–water partition coefficient (Wildman–Crippen LogP) is 2.60. The minimum atomic E-state index is -3.90. The molecule has 7 heteroatoms. The number of pyridine rings is 1. The maximum Gasteiger partial charge on any atom is 0.266 e. The van der Waals surface area contributed by atoms with E-state index in [1.807, 2.05) is 24.6 Å². The SMILES string of the molecule is CC(C)Oc1ccc(C(=O)NS(=O)(=O)/C=C/c2ccccc2)cn1. The highest BCUT2D eigenvalue weighted by atomic mass is 32.2. The van der Waals surface area contributed by atoms with Crippen molar-refractivity contribution in [3.63, 3.8) is 0 Å². The molecule has 0 fully saturated rings.